The molecule has 4 fully saturated rings. The van der Waals surface area contributed by atoms with Gasteiger partial charge >= 0.3 is 0 Å². The van der Waals surface area contributed by atoms with Gasteiger partial charge in [0.05, 0.1) is 0 Å². The van der Waals surface area contributed by atoms with Crippen LogP contribution >= 0.6 is 11.6 Å². The van der Waals surface area contributed by atoms with Crippen molar-refractivity contribution < 1.29 is 9.90 Å². The van der Waals surface area contributed by atoms with Gasteiger partial charge in [0.25, 0.3) is 0 Å². The van der Waals surface area contributed by atoms with E-state index in [2.05, 4.69) is 18.2 Å². The molecule has 0 heterocycles. The Balaban J connectivity index is 1.53. The van der Waals surface area contributed by atoms with Crippen LogP contribution in [0.1, 0.15) is 71.6 Å². The molecule has 25 heavy (non-hydrogen) atoms. The van der Waals surface area contributed by atoms with Crippen molar-refractivity contribution in [2.45, 2.75) is 77.2 Å². The SMILES string of the molecule is CC(=O)[C@H]1CC[C@H]2[C@@H]3CC[C@@H]4C[C@](O)(C#CCl)CC[C@@H]4[C@H]3CCC12C. The first-order valence-electron chi connectivity index (χ1n) is 10.2. The van der Waals surface area contributed by atoms with Gasteiger partial charge in [-0.1, -0.05) is 12.8 Å². The Bertz CT molecular complexity index is 619. The number of carbonyl (C=O) groups is 1. The normalized spacial score (nSPS) is 51.5. The van der Waals surface area contributed by atoms with Gasteiger partial charge in [-0.05, 0) is 111 Å². The third-order valence-corrected chi connectivity index (χ3v) is 8.88. The van der Waals surface area contributed by atoms with Crippen LogP contribution in [0.15, 0.2) is 0 Å². The molecule has 0 aromatic carbocycles. The van der Waals surface area contributed by atoms with Crippen LogP contribution in [0.4, 0.5) is 0 Å². The fraction of sp³-hybridized carbons (Fsp3) is 0.864. The largest absolute Gasteiger partial charge is 0.378 e. The first-order valence-corrected chi connectivity index (χ1v) is 10.6. The Hall–Kier alpha value is -0.520. The minimum Gasteiger partial charge on any atom is -0.378 e. The van der Waals surface area contributed by atoms with E-state index in [1.54, 1.807) is 6.92 Å². The zero-order valence-corrected chi connectivity index (χ0v) is 16.3. The number of hydrogen-bond donors (Lipinski definition) is 1. The van der Waals surface area contributed by atoms with Crippen LogP contribution in [0.5, 0.6) is 0 Å². The Morgan fingerprint density at radius 1 is 1.04 bits per heavy atom. The highest BCUT2D eigenvalue weighted by Gasteiger charge is 2.58. The highest BCUT2D eigenvalue weighted by molar-refractivity contribution is 6.30. The molecule has 0 saturated heterocycles. The Morgan fingerprint density at radius 3 is 2.52 bits per heavy atom. The van der Waals surface area contributed by atoms with Crippen molar-refractivity contribution in [3.05, 3.63) is 0 Å². The lowest BCUT2D eigenvalue weighted by molar-refractivity contribution is -0.129. The number of halogens is 1. The van der Waals surface area contributed by atoms with Gasteiger partial charge in [0.1, 0.15) is 11.4 Å². The van der Waals surface area contributed by atoms with E-state index in [0.29, 0.717) is 17.6 Å². The summed E-state index contributed by atoms with van der Waals surface area (Å²) in [6.45, 7) is 4.22. The van der Waals surface area contributed by atoms with E-state index in [-0.39, 0.29) is 5.41 Å². The van der Waals surface area contributed by atoms with Crippen molar-refractivity contribution in [3.63, 3.8) is 0 Å². The van der Waals surface area contributed by atoms with Crippen molar-refractivity contribution in [1.82, 2.24) is 0 Å². The molecule has 0 amide bonds. The second kappa shape index (κ2) is 6.28. The summed E-state index contributed by atoms with van der Waals surface area (Å²) in [6, 6.07) is 0. The van der Waals surface area contributed by atoms with Gasteiger partial charge in [0.2, 0.25) is 0 Å². The van der Waals surface area contributed by atoms with Crippen LogP contribution in [0.3, 0.4) is 0 Å². The fourth-order valence-corrected chi connectivity index (χ4v) is 7.92. The molecule has 138 valence electrons. The van der Waals surface area contributed by atoms with Crippen LogP contribution in [0, 0.1) is 52.2 Å². The minimum atomic E-state index is -0.855. The van der Waals surface area contributed by atoms with Gasteiger partial charge in [-0.25, -0.2) is 0 Å². The summed E-state index contributed by atoms with van der Waals surface area (Å²) in [6.07, 6.45) is 10.0. The summed E-state index contributed by atoms with van der Waals surface area (Å²) in [5.74, 6) is 7.27. The van der Waals surface area contributed by atoms with Gasteiger partial charge < -0.3 is 5.11 Å². The summed E-state index contributed by atoms with van der Waals surface area (Å²) in [5.41, 5.74) is -0.606. The molecule has 1 N–H and O–H groups in total. The number of fused-ring (bicyclic) bond motifs is 5. The van der Waals surface area contributed by atoms with Crippen molar-refractivity contribution in [2.24, 2.45) is 40.9 Å². The predicted octanol–water partition coefficient (Wildman–Crippen LogP) is 4.78. The standard InChI is InChI=1S/C22H31ClO2/c1-14(24)19-5-6-20-18-4-3-15-13-22(25,11-12-23)10-8-16(15)17(18)7-9-21(19,20)2/h15-20,25H,3-10,13H2,1-2H3/t15-,16+,17-,18-,19-,20+,21?,22-/m1/s1. The third kappa shape index (κ3) is 2.78. The van der Waals surface area contributed by atoms with Crippen LogP contribution in [-0.2, 0) is 4.79 Å². The van der Waals surface area contributed by atoms with Crippen LogP contribution in [-0.4, -0.2) is 16.5 Å². The van der Waals surface area contributed by atoms with E-state index in [9.17, 15) is 9.90 Å². The van der Waals surface area contributed by atoms with E-state index in [1.165, 1.54) is 32.1 Å². The zero-order chi connectivity index (χ0) is 17.8. The number of Topliss-reactive ketones (excluding diaryl/α,β-unsaturated/α-hetero) is 1. The summed E-state index contributed by atoms with van der Waals surface area (Å²) >= 11 is 5.58. The van der Waals surface area contributed by atoms with Crippen molar-refractivity contribution in [1.29, 1.82) is 0 Å². The van der Waals surface area contributed by atoms with Crippen molar-refractivity contribution in [3.8, 4) is 11.3 Å². The van der Waals surface area contributed by atoms with Gasteiger partial charge in [0, 0.05) is 11.3 Å². The van der Waals surface area contributed by atoms with E-state index in [0.717, 1.165) is 49.4 Å². The minimum absolute atomic E-state index is 0.249. The van der Waals surface area contributed by atoms with E-state index < -0.39 is 5.60 Å². The quantitative estimate of drug-likeness (QED) is 0.682. The summed E-state index contributed by atoms with van der Waals surface area (Å²) in [4.78, 5) is 12.2. The van der Waals surface area contributed by atoms with E-state index >= 15 is 0 Å². The van der Waals surface area contributed by atoms with Crippen LogP contribution < -0.4 is 0 Å². The molecule has 0 aliphatic heterocycles. The molecule has 1 unspecified atom stereocenters. The molecule has 4 aliphatic carbocycles. The molecule has 4 rings (SSSR count). The third-order valence-electron chi connectivity index (χ3n) is 8.78. The Kier molecular flexibility index (Phi) is 4.49. The number of carbonyl (C=O) groups excluding carboxylic acids is 1. The summed E-state index contributed by atoms with van der Waals surface area (Å²) < 4.78 is 0. The summed E-state index contributed by atoms with van der Waals surface area (Å²) in [5, 5.41) is 13.1. The highest BCUT2D eigenvalue weighted by atomic mass is 35.5. The monoisotopic (exact) mass is 362 g/mol. The zero-order valence-electron chi connectivity index (χ0n) is 15.6. The lowest BCUT2D eigenvalue weighted by Gasteiger charge is -2.56. The van der Waals surface area contributed by atoms with Gasteiger partial charge in [-0.3, -0.25) is 4.79 Å². The Labute approximate surface area is 157 Å². The molecule has 0 aromatic rings. The lowest BCUT2D eigenvalue weighted by Crippen LogP contribution is -2.51. The Morgan fingerprint density at radius 2 is 1.80 bits per heavy atom. The molecular weight excluding hydrogens is 332 g/mol. The number of aliphatic hydroxyl groups is 1. The maximum Gasteiger partial charge on any atom is 0.133 e. The molecular formula is C22H31ClO2. The van der Waals surface area contributed by atoms with Crippen molar-refractivity contribution in [2.75, 3.05) is 0 Å². The van der Waals surface area contributed by atoms with Crippen LogP contribution in [0.2, 0.25) is 0 Å². The predicted molar refractivity (Wildman–Crippen MR) is 99.9 cm³/mol. The molecule has 4 saturated carbocycles. The molecule has 8 atom stereocenters. The molecule has 0 bridgehead atoms. The maximum atomic E-state index is 12.2. The average Bonchev–Trinajstić information content (AvgIpc) is 2.91. The highest BCUT2D eigenvalue weighted by Crippen LogP contribution is 2.64. The van der Waals surface area contributed by atoms with E-state index in [4.69, 9.17) is 11.6 Å². The smallest absolute Gasteiger partial charge is 0.133 e. The lowest BCUT2D eigenvalue weighted by atomic mass is 9.49. The first-order chi connectivity index (χ1) is 11.9. The molecule has 0 aromatic heterocycles. The fourth-order valence-electron chi connectivity index (χ4n) is 7.75. The molecule has 4 aliphatic rings. The van der Waals surface area contributed by atoms with Gasteiger partial charge in [-0.2, -0.15) is 0 Å². The molecule has 0 spiro atoms. The molecule has 0 radical (unpaired) electrons. The topological polar surface area (TPSA) is 37.3 Å². The van der Waals surface area contributed by atoms with Crippen molar-refractivity contribution >= 4 is 17.4 Å². The number of rotatable bonds is 1. The molecule has 3 heteroatoms. The van der Waals surface area contributed by atoms with Gasteiger partial charge in [-0.15, -0.1) is 0 Å². The number of hydrogen-bond acceptors (Lipinski definition) is 2. The first kappa shape index (κ1) is 17.9. The second-order valence-corrected chi connectivity index (χ2v) is 9.90. The van der Waals surface area contributed by atoms with E-state index in [1.807, 2.05) is 0 Å². The second-order valence-electron chi connectivity index (χ2n) is 9.71. The van der Waals surface area contributed by atoms with Gasteiger partial charge in [0.15, 0.2) is 0 Å². The number of ketones is 1. The summed E-state index contributed by atoms with van der Waals surface area (Å²) in [7, 11) is 0. The average molecular weight is 363 g/mol. The van der Waals surface area contributed by atoms with Crippen LogP contribution in [0.25, 0.3) is 0 Å². The maximum absolute atomic E-state index is 12.2. The molecule has 2 nitrogen and oxygen atoms in total.